The van der Waals surface area contributed by atoms with Crippen molar-refractivity contribution < 1.29 is 28.0 Å². The van der Waals surface area contributed by atoms with Gasteiger partial charge in [-0.3, -0.25) is 19.2 Å². The lowest BCUT2D eigenvalue weighted by Crippen LogP contribution is -2.36. The highest BCUT2D eigenvalue weighted by molar-refractivity contribution is 7.92. The van der Waals surface area contributed by atoms with Crippen molar-refractivity contribution in [1.82, 2.24) is 0 Å². The Labute approximate surface area is 156 Å². The van der Waals surface area contributed by atoms with Gasteiger partial charge in [0, 0.05) is 6.07 Å². The summed E-state index contributed by atoms with van der Waals surface area (Å²) in [5.41, 5.74) is 0.228. The summed E-state index contributed by atoms with van der Waals surface area (Å²) in [6, 6.07) is 7.98. The van der Waals surface area contributed by atoms with Crippen LogP contribution < -0.4 is 9.04 Å². The molecule has 10 heteroatoms. The quantitative estimate of drug-likeness (QED) is 0.564. The normalized spacial score (nSPS) is 11.1. The molecule has 2 aromatic rings. The van der Waals surface area contributed by atoms with E-state index in [1.807, 2.05) is 0 Å². The lowest BCUT2D eigenvalue weighted by Gasteiger charge is -2.24. The Hall–Kier alpha value is -3.14. The number of anilines is 1. The fourth-order valence-corrected chi connectivity index (χ4v) is 4.20. The standard InChI is InChI=1S/C17H18N2O7S/c1-11-9-13(7-8-16(11)26-3)27(24,25)18(10-17(20)21)14-5-4-6-15(12(14)2)19(22)23/h4-9H,10H2,1-3H3,(H,20,21). The second-order valence-corrected chi connectivity index (χ2v) is 7.58. The van der Waals surface area contributed by atoms with E-state index < -0.39 is 27.5 Å². The Morgan fingerprint density at radius 1 is 1.26 bits per heavy atom. The fraction of sp³-hybridized carbons (Fsp3) is 0.235. The average Bonchev–Trinajstić information content (AvgIpc) is 2.59. The molecule has 0 fully saturated rings. The molecule has 144 valence electrons. The molecule has 0 aliphatic carbocycles. The van der Waals surface area contributed by atoms with E-state index in [1.165, 1.54) is 50.4 Å². The molecule has 0 unspecified atom stereocenters. The number of hydrogen-bond acceptors (Lipinski definition) is 6. The summed E-state index contributed by atoms with van der Waals surface area (Å²) in [6.07, 6.45) is 0. The van der Waals surface area contributed by atoms with Crippen molar-refractivity contribution in [1.29, 1.82) is 0 Å². The highest BCUT2D eigenvalue weighted by atomic mass is 32.2. The summed E-state index contributed by atoms with van der Waals surface area (Å²) < 4.78 is 32.0. The van der Waals surface area contributed by atoms with Crippen LogP contribution in [0.3, 0.4) is 0 Å². The van der Waals surface area contributed by atoms with E-state index in [4.69, 9.17) is 4.74 Å². The molecular weight excluding hydrogens is 376 g/mol. The number of nitro benzene ring substituents is 1. The molecule has 2 aromatic carbocycles. The topological polar surface area (TPSA) is 127 Å². The number of carboxylic acids is 1. The number of nitro groups is 1. The third-order valence-corrected chi connectivity index (χ3v) is 5.73. The number of carboxylic acid groups (broad SMARTS) is 1. The maximum absolute atomic E-state index is 13.1. The number of nitrogens with zero attached hydrogens (tertiary/aromatic N) is 2. The average molecular weight is 394 g/mol. The summed E-state index contributed by atoms with van der Waals surface area (Å²) in [5.74, 6) is -0.917. The number of benzene rings is 2. The Balaban J connectivity index is 2.66. The van der Waals surface area contributed by atoms with Crippen molar-refractivity contribution in [2.75, 3.05) is 18.0 Å². The molecule has 0 spiro atoms. The molecule has 0 saturated carbocycles. The Kier molecular flexibility index (Phi) is 5.69. The van der Waals surface area contributed by atoms with E-state index in [2.05, 4.69) is 0 Å². The van der Waals surface area contributed by atoms with E-state index in [9.17, 15) is 28.4 Å². The molecule has 0 radical (unpaired) electrons. The maximum atomic E-state index is 13.1. The zero-order valence-corrected chi connectivity index (χ0v) is 15.7. The summed E-state index contributed by atoms with van der Waals surface area (Å²) in [4.78, 5) is 21.7. The van der Waals surface area contributed by atoms with Crippen LogP contribution >= 0.6 is 0 Å². The number of methoxy groups -OCH3 is 1. The molecule has 0 bridgehead atoms. The first-order valence-electron chi connectivity index (χ1n) is 7.72. The summed E-state index contributed by atoms with van der Waals surface area (Å²) in [5, 5.41) is 20.4. The van der Waals surface area contributed by atoms with E-state index in [0.29, 0.717) is 15.6 Å². The van der Waals surface area contributed by atoms with Crippen LogP contribution in [0.4, 0.5) is 11.4 Å². The highest BCUT2D eigenvalue weighted by Crippen LogP contribution is 2.33. The number of aliphatic carboxylic acids is 1. The van der Waals surface area contributed by atoms with Gasteiger partial charge in [-0.25, -0.2) is 8.42 Å². The molecule has 0 aliphatic heterocycles. The number of ether oxygens (including phenoxy) is 1. The lowest BCUT2D eigenvalue weighted by atomic mass is 10.1. The van der Waals surface area contributed by atoms with Gasteiger partial charge in [-0.05, 0) is 43.7 Å². The Morgan fingerprint density at radius 2 is 1.93 bits per heavy atom. The third kappa shape index (κ3) is 4.00. The van der Waals surface area contributed by atoms with E-state index in [0.717, 1.165) is 0 Å². The van der Waals surface area contributed by atoms with Gasteiger partial charge >= 0.3 is 5.97 Å². The van der Waals surface area contributed by atoms with Gasteiger partial charge in [-0.2, -0.15) is 0 Å². The van der Waals surface area contributed by atoms with Crippen LogP contribution in [0.5, 0.6) is 5.75 Å². The van der Waals surface area contributed by atoms with E-state index >= 15 is 0 Å². The molecule has 0 saturated heterocycles. The third-order valence-electron chi connectivity index (χ3n) is 3.98. The first kappa shape index (κ1) is 20.2. The zero-order valence-electron chi connectivity index (χ0n) is 14.9. The number of carbonyl (C=O) groups is 1. The van der Waals surface area contributed by atoms with Crippen molar-refractivity contribution in [2.24, 2.45) is 0 Å². The molecule has 0 amide bonds. The van der Waals surface area contributed by atoms with Gasteiger partial charge < -0.3 is 9.84 Å². The zero-order chi connectivity index (χ0) is 20.4. The number of aryl methyl sites for hydroxylation is 1. The summed E-state index contributed by atoms with van der Waals surface area (Å²) in [6.45, 7) is 2.14. The minimum Gasteiger partial charge on any atom is -0.496 e. The Bertz CT molecular complexity index is 1000. The van der Waals surface area contributed by atoms with Gasteiger partial charge in [0.15, 0.2) is 0 Å². The molecule has 0 aromatic heterocycles. The number of hydrogen-bond donors (Lipinski definition) is 1. The second-order valence-electron chi connectivity index (χ2n) is 5.72. The SMILES string of the molecule is COc1ccc(S(=O)(=O)N(CC(=O)O)c2cccc([N+](=O)[O-])c2C)cc1C. The molecule has 0 atom stereocenters. The summed E-state index contributed by atoms with van der Waals surface area (Å²) in [7, 11) is -2.84. The van der Waals surface area contributed by atoms with Gasteiger partial charge in [0.1, 0.15) is 12.3 Å². The maximum Gasteiger partial charge on any atom is 0.324 e. The number of rotatable bonds is 7. The fourth-order valence-electron chi connectivity index (χ4n) is 2.64. The van der Waals surface area contributed by atoms with Gasteiger partial charge in [-0.1, -0.05) is 6.07 Å². The van der Waals surface area contributed by atoms with Crippen LogP contribution in [0, 0.1) is 24.0 Å². The predicted molar refractivity (Wildman–Crippen MR) is 97.7 cm³/mol. The van der Waals surface area contributed by atoms with Crippen LogP contribution in [0.25, 0.3) is 0 Å². The monoisotopic (exact) mass is 394 g/mol. The first-order chi connectivity index (χ1) is 12.6. The first-order valence-corrected chi connectivity index (χ1v) is 9.16. The van der Waals surface area contributed by atoms with Crippen LogP contribution in [0.1, 0.15) is 11.1 Å². The Morgan fingerprint density at radius 3 is 2.44 bits per heavy atom. The van der Waals surface area contributed by atoms with Crippen molar-refractivity contribution in [2.45, 2.75) is 18.7 Å². The minimum absolute atomic E-state index is 0.0533. The molecule has 27 heavy (non-hydrogen) atoms. The van der Waals surface area contributed by atoms with Crippen LogP contribution in [0.2, 0.25) is 0 Å². The predicted octanol–water partition coefficient (Wildman–Crippen LogP) is 2.50. The molecule has 9 nitrogen and oxygen atoms in total. The number of sulfonamides is 1. The van der Waals surface area contributed by atoms with Crippen LogP contribution in [-0.2, 0) is 14.8 Å². The molecule has 0 aliphatic rings. The largest absolute Gasteiger partial charge is 0.496 e. The lowest BCUT2D eigenvalue weighted by molar-refractivity contribution is -0.385. The molecule has 1 N–H and O–H groups in total. The van der Waals surface area contributed by atoms with Crippen molar-refractivity contribution in [3.05, 3.63) is 57.6 Å². The van der Waals surface area contributed by atoms with Crippen molar-refractivity contribution >= 4 is 27.4 Å². The van der Waals surface area contributed by atoms with Crippen LogP contribution in [0.15, 0.2) is 41.3 Å². The minimum atomic E-state index is -4.29. The van der Waals surface area contributed by atoms with Gasteiger partial charge in [0.05, 0.1) is 28.2 Å². The van der Waals surface area contributed by atoms with Crippen LogP contribution in [-0.4, -0.2) is 38.1 Å². The smallest absolute Gasteiger partial charge is 0.324 e. The molecule has 0 heterocycles. The van der Waals surface area contributed by atoms with Crippen molar-refractivity contribution in [3.63, 3.8) is 0 Å². The second kappa shape index (κ2) is 7.62. The van der Waals surface area contributed by atoms with Gasteiger partial charge in [0.2, 0.25) is 0 Å². The van der Waals surface area contributed by atoms with Gasteiger partial charge in [0.25, 0.3) is 15.7 Å². The summed E-state index contributed by atoms with van der Waals surface area (Å²) >= 11 is 0. The highest BCUT2D eigenvalue weighted by Gasteiger charge is 2.30. The molecular formula is C17H18N2O7S. The van der Waals surface area contributed by atoms with E-state index in [1.54, 1.807) is 6.92 Å². The van der Waals surface area contributed by atoms with Gasteiger partial charge in [-0.15, -0.1) is 0 Å². The molecule has 2 rings (SSSR count). The van der Waals surface area contributed by atoms with E-state index in [-0.39, 0.29) is 21.8 Å². The van der Waals surface area contributed by atoms with Crippen molar-refractivity contribution in [3.8, 4) is 5.75 Å².